The lowest BCUT2D eigenvalue weighted by atomic mass is 10.1. The fourth-order valence-electron chi connectivity index (χ4n) is 2.17. The monoisotopic (exact) mass is 213 g/mol. The smallest absolute Gasteiger partial charge is 0.320 e. The van der Waals surface area contributed by atoms with Crippen molar-refractivity contribution in [3.8, 4) is 0 Å². The molecule has 1 saturated heterocycles. The molecule has 0 saturated carbocycles. The van der Waals surface area contributed by atoms with Gasteiger partial charge in [0.1, 0.15) is 0 Å². The molecule has 0 radical (unpaired) electrons. The van der Waals surface area contributed by atoms with Crippen LogP contribution in [0.2, 0.25) is 0 Å². The van der Waals surface area contributed by atoms with Gasteiger partial charge in [-0.05, 0) is 26.3 Å². The summed E-state index contributed by atoms with van der Waals surface area (Å²) in [5, 5.41) is 0. The quantitative estimate of drug-likeness (QED) is 0.747. The van der Waals surface area contributed by atoms with Crippen molar-refractivity contribution >= 4 is 6.03 Å². The van der Waals surface area contributed by atoms with Crippen molar-refractivity contribution in [2.75, 3.05) is 20.1 Å². The summed E-state index contributed by atoms with van der Waals surface area (Å²) in [5.74, 6) is 0. The second-order valence-electron chi connectivity index (χ2n) is 4.41. The van der Waals surface area contributed by atoms with E-state index in [0.717, 1.165) is 25.8 Å². The van der Waals surface area contributed by atoms with E-state index >= 15 is 0 Å². The Labute approximate surface area is 92.4 Å². The number of hydrogen-bond donors (Lipinski definition) is 1. The summed E-state index contributed by atoms with van der Waals surface area (Å²) in [5.41, 5.74) is 5.52. The second-order valence-corrected chi connectivity index (χ2v) is 4.41. The Balaban J connectivity index is 2.58. The largest absolute Gasteiger partial charge is 0.330 e. The number of nitrogens with zero attached hydrogens (tertiary/aromatic N) is 2. The predicted molar refractivity (Wildman–Crippen MR) is 61.7 cm³/mol. The first kappa shape index (κ1) is 12.3. The summed E-state index contributed by atoms with van der Waals surface area (Å²) < 4.78 is 0. The topological polar surface area (TPSA) is 49.6 Å². The van der Waals surface area contributed by atoms with Crippen molar-refractivity contribution in [1.29, 1.82) is 0 Å². The SMILES string of the molecule is CCCC1CN(C(C)CCN)C(=O)N1C. The molecule has 0 aromatic rings. The number of likely N-dealkylation sites (N-methyl/N-ethyl adjacent to an activating group) is 1. The van der Waals surface area contributed by atoms with E-state index in [2.05, 4.69) is 13.8 Å². The van der Waals surface area contributed by atoms with Crippen LogP contribution in [0.15, 0.2) is 0 Å². The van der Waals surface area contributed by atoms with Gasteiger partial charge in [-0.1, -0.05) is 13.3 Å². The van der Waals surface area contributed by atoms with Gasteiger partial charge in [0.2, 0.25) is 0 Å². The van der Waals surface area contributed by atoms with Gasteiger partial charge in [0.25, 0.3) is 0 Å². The molecule has 1 rings (SSSR count). The van der Waals surface area contributed by atoms with Crippen LogP contribution in [-0.4, -0.2) is 48.1 Å². The lowest BCUT2D eigenvalue weighted by Crippen LogP contribution is -2.37. The molecular formula is C11H23N3O. The first-order valence-corrected chi connectivity index (χ1v) is 5.85. The summed E-state index contributed by atoms with van der Waals surface area (Å²) in [4.78, 5) is 15.7. The molecule has 1 aliphatic rings. The van der Waals surface area contributed by atoms with E-state index < -0.39 is 0 Å². The maximum absolute atomic E-state index is 11.9. The Hall–Kier alpha value is -0.770. The van der Waals surface area contributed by atoms with E-state index in [1.807, 2.05) is 16.8 Å². The van der Waals surface area contributed by atoms with Gasteiger partial charge in [-0.2, -0.15) is 0 Å². The van der Waals surface area contributed by atoms with Crippen molar-refractivity contribution in [2.24, 2.45) is 5.73 Å². The van der Waals surface area contributed by atoms with Gasteiger partial charge in [0, 0.05) is 19.6 Å². The Morgan fingerprint density at radius 3 is 2.80 bits per heavy atom. The van der Waals surface area contributed by atoms with Gasteiger partial charge in [-0.25, -0.2) is 4.79 Å². The van der Waals surface area contributed by atoms with E-state index in [4.69, 9.17) is 5.73 Å². The van der Waals surface area contributed by atoms with E-state index in [1.54, 1.807) is 0 Å². The first-order valence-electron chi connectivity index (χ1n) is 5.85. The average Bonchev–Trinajstić information content (AvgIpc) is 2.47. The maximum Gasteiger partial charge on any atom is 0.320 e. The molecule has 0 aromatic carbocycles. The van der Waals surface area contributed by atoms with Crippen molar-refractivity contribution < 1.29 is 4.79 Å². The average molecular weight is 213 g/mol. The van der Waals surface area contributed by atoms with Crippen LogP contribution >= 0.6 is 0 Å². The Morgan fingerprint density at radius 2 is 2.27 bits per heavy atom. The minimum Gasteiger partial charge on any atom is -0.330 e. The molecule has 1 fully saturated rings. The van der Waals surface area contributed by atoms with Crippen LogP contribution in [0, 0.1) is 0 Å². The van der Waals surface area contributed by atoms with Gasteiger partial charge < -0.3 is 15.5 Å². The maximum atomic E-state index is 11.9. The standard InChI is InChI=1S/C11H23N3O/c1-4-5-10-8-14(9(2)6-7-12)11(15)13(10)3/h9-10H,4-8,12H2,1-3H3. The van der Waals surface area contributed by atoms with E-state index in [1.165, 1.54) is 0 Å². The van der Waals surface area contributed by atoms with Gasteiger partial charge >= 0.3 is 6.03 Å². The van der Waals surface area contributed by atoms with Crippen LogP contribution in [0.1, 0.15) is 33.1 Å². The summed E-state index contributed by atoms with van der Waals surface area (Å²) >= 11 is 0. The fraction of sp³-hybridized carbons (Fsp3) is 0.909. The zero-order valence-corrected chi connectivity index (χ0v) is 10.1. The molecule has 15 heavy (non-hydrogen) atoms. The molecule has 1 aliphatic heterocycles. The minimum absolute atomic E-state index is 0.161. The molecular weight excluding hydrogens is 190 g/mol. The summed E-state index contributed by atoms with van der Waals surface area (Å²) in [6.45, 7) is 5.74. The molecule has 88 valence electrons. The Kier molecular flexibility index (Phi) is 4.39. The van der Waals surface area contributed by atoms with Crippen molar-refractivity contribution in [3.05, 3.63) is 0 Å². The number of carbonyl (C=O) groups excluding carboxylic acids is 1. The summed E-state index contributed by atoms with van der Waals surface area (Å²) in [6.07, 6.45) is 3.11. The molecule has 2 amide bonds. The zero-order valence-electron chi connectivity index (χ0n) is 10.1. The van der Waals surface area contributed by atoms with Crippen LogP contribution in [-0.2, 0) is 0 Å². The fourth-order valence-corrected chi connectivity index (χ4v) is 2.17. The first-order chi connectivity index (χ1) is 7.11. The zero-order chi connectivity index (χ0) is 11.4. The van der Waals surface area contributed by atoms with Gasteiger partial charge in [0.05, 0.1) is 6.04 Å². The minimum atomic E-state index is 0.161. The third-order valence-electron chi connectivity index (χ3n) is 3.24. The lowest BCUT2D eigenvalue weighted by Gasteiger charge is -2.23. The number of amides is 2. The third kappa shape index (κ3) is 2.62. The van der Waals surface area contributed by atoms with Crippen LogP contribution in [0.25, 0.3) is 0 Å². The number of hydrogen-bond acceptors (Lipinski definition) is 2. The number of carbonyl (C=O) groups is 1. The van der Waals surface area contributed by atoms with Crippen molar-refractivity contribution in [3.63, 3.8) is 0 Å². The molecule has 4 nitrogen and oxygen atoms in total. The predicted octanol–water partition coefficient (Wildman–Crippen LogP) is 1.26. The second kappa shape index (κ2) is 5.35. The highest BCUT2D eigenvalue weighted by molar-refractivity contribution is 5.77. The van der Waals surface area contributed by atoms with Gasteiger partial charge in [-0.15, -0.1) is 0 Å². The Morgan fingerprint density at radius 1 is 1.60 bits per heavy atom. The van der Waals surface area contributed by atoms with Crippen LogP contribution in [0.3, 0.4) is 0 Å². The van der Waals surface area contributed by atoms with E-state index in [-0.39, 0.29) is 12.1 Å². The molecule has 1 heterocycles. The van der Waals surface area contributed by atoms with Crippen LogP contribution < -0.4 is 5.73 Å². The van der Waals surface area contributed by atoms with Crippen molar-refractivity contribution in [1.82, 2.24) is 9.80 Å². The van der Waals surface area contributed by atoms with E-state index in [0.29, 0.717) is 12.6 Å². The highest BCUT2D eigenvalue weighted by Gasteiger charge is 2.35. The van der Waals surface area contributed by atoms with Crippen molar-refractivity contribution in [2.45, 2.75) is 45.2 Å². The Bertz CT molecular complexity index is 220. The normalized spacial score (nSPS) is 23.7. The van der Waals surface area contributed by atoms with Crippen LogP contribution in [0.5, 0.6) is 0 Å². The van der Waals surface area contributed by atoms with Crippen LogP contribution in [0.4, 0.5) is 4.79 Å². The molecule has 0 aromatic heterocycles. The lowest BCUT2D eigenvalue weighted by molar-refractivity contribution is 0.182. The third-order valence-corrected chi connectivity index (χ3v) is 3.24. The van der Waals surface area contributed by atoms with Gasteiger partial charge in [0.15, 0.2) is 0 Å². The molecule has 0 spiro atoms. The molecule has 4 heteroatoms. The molecule has 2 N–H and O–H groups in total. The highest BCUT2D eigenvalue weighted by Crippen LogP contribution is 2.20. The molecule has 0 aliphatic carbocycles. The number of urea groups is 1. The summed E-state index contributed by atoms with van der Waals surface area (Å²) in [7, 11) is 1.90. The molecule has 2 unspecified atom stereocenters. The number of rotatable bonds is 5. The number of nitrogens with two attached hydrogens (primary N) is 1. The van der Waals surface area contributed by atoms with Gasteiger partial charge in [-0.3, -0.25) is 0 Å². The van der Waals surface area contributed by atoms with E-state index in [9.17, 15) is 4.79 Å². The summed E-state index contributed by atoms with van der Waals surface area (Å²) in [6, 6.07) is 0.823. The highest BCUT2D eigenvalue weighted by atomic mass is 16.2. The molecule has 2 atom stereocenters. The molecule has 0 bridgehead atoms.